The normalized spacial score (nSPS) is 10.9. The predicted octanol–water partition coefficient (Wildman–Crippen LogP) is 2.87. The Hall–Kier alpha value is -1.17. The first-order valence-corrected chi connectivity index (χ1v) is 6.80. The van der Waals surface area contributed by atoms with E-state index in [9.17, 15) is 0 Å². The number of benzene rings is 1. The fourth-order valence-electron chi connectivity index (χ4n) is 1.65. The zero-order valence-corrected chi connectivity index (χ0v) is 11.9. The number of anilines is 1. The van der Waals surface area contributed by atoms with E-state index in [1.807, 2.05) is 25.2 Å². The molecule has 1 aromatic heterocycles. The zero-order chi connectivity index (χ0) is 13.0. The topological polar surface area (TPSA) is 41.1 Å². The van der Waals surface area contributed by atoms with E-state index in [0.717, 1.165) is 28.3 Å². The van der Waals surface area contributed by atoms with Crippen LogP contribution in [0.15, 0.2) is 24.3 Å². The van der Waals surface area contributed by atoms with Crippen LogP contribution < -0.4 is 5.32 Å². The standard InChI is InChI=1S/C12H15ClN4S/c1-14-12-16-15-11(18-12)8-17(2)7-9-4-3-5-10(13)6-9/h3-6H,7-8H2,1-2H3,(H,14,16). The minimum absolute atomic E-state index is 0.772. The molecule has 0 radical (unpaired) electrons. The third kappa shape index (κ3) is 3.66. The second-order valence-corrected chi connectivity index (χ2v) is 5.55. The van der Waals surface area contributed by atoms with E-state index in [-0.39, 0.29) is 0 Å². The summed E-state index contributed by atoms with van der Waals surface area (Å²) in [6.45, 7) is 1.63. The fraction of sp³-hybridized carbons (Fsp3) is 0.333. The van der Waals surface area contributed by atoms with Crippen molar-refractivity contribution in [3.63, 3.8) is 0 Å². The van der Waals surface area contributed by atoms with Gasteiger partial charge in [-0.15, -0.1) is 10.2 Å². The molecule has 0 spiro atoms. The van der Waals surface area contributed by atoms with Crippen LogP contribution in [-0.4, -0.2) is 29.2 Å². The highest BCUT2D eigenvalue weighted by atomic mass is 35.5. The summed E-state index contributed by atoms with van der Waals surface area (Å²) >= 11 is 7.54. The highest BCUT2D eigenvalue weighted by Crippen LogP contribution is 2.17. The molecule has 0 bridgehead atoms. The number of nitrogens with zero attached hydrogens (tertiary/aromatic N) is 3. The van der Waals surface area contributed by atoms with Crippen LogP contribution in [0.25, 0.3) is 0 Å². The lowest BCUT2D eigenvalue weighted by Gasteiger charge is -2.14. The summed E-state index contributed by atoms with van der Waals surface area (Å²) in [7, 11) is 3.90. The SMILES string of the molecule is CNc1nnc(CN(C)Cc2cccc(Cl)c2)s1. The molecule has 1 N–H and O–H groups in total. The van der Waals surface area contributed by atoms with E-state index >= 15 is 0 Å². The average molecular weight is 283 g/mol. The Morgan fingerprint density at radius 1 is 1.33 bits per heavy atom. The molecule has 96 valence electrons. The van der Waals surface area contributed by atoms with Crippen molar-refractivity contribution in [2.75, 3.05) is 19.4 Å². The summed E-state index contributed by atoms with van der Waals surface area (Å²) in [6.07, 6.45) is 0. The van der Waals surface area contributed by atoms with E-state index in [1.54, 1.807) is 11.3 Å². The summed E-state index contributed by atoms with van der Waals surface area (Å²) in [5.41, 5.74) is 1.20. The quantitative estimate of drug-likeness (QED) is 0.916. The van der Waals surface area contributed by atoms with Crippen LogP contribution in [0.2, 0.25) is 5.02 Å². The molecule has 0 atom stereocenters. The van der Waals surface area contributed by atoms with E-state index in [0.29, 0.717) is 0 Å². The van der Waals surface area contributed by atoms with Gasteiger partial charge in [0.15, 0.2) is 0 Å². The summed E-state index contributed by atoms with van der Waals surface area (Å²) in [5, 5.41) is 13.8. The molecule has 2 rings (SSSR count). The zero-order valence-electron chi connectivity index (χ0n) is 10.4. The van der Waals surface area contributed by atoms with Gasteiger partial charge in [-0.05, 0) is 24.7 Å². The Bertz CT molecular complexity index is 514. The number of halogens is 1. The minimum Gasteiger partial charge on any atom is -0.363 e. The largest absolute Gasteiger partial charge is 0.363 e. The Kier molecular flexibility index (Phi) is 4.52. The first-order chi connectivity index (χ1) is 8.67. The minimum atomic E-state index is 0.772. The van der Waals surface area contributed by atoms with Gasteiger partial charge in [0.05, 0.1) is 6.54 Å². The smallest absolute Gasteiger partial charge is 0.205 e. The van der Waals surface area contributed by atoms with Crippen molar-refractivity contribution in [3.8, 4) is 0 Å². The molecule has 18 heavy (non-hydrogen) atoms. The van der Waals surface area contributed by atoms with Gasteiger partial charge < -0.3 is 5.32 Å². The third-order valence-electron chi connectivity index (χ3n) is 2.43. The van der Waals surface area contributed by atoms with Gasteiger partial charge in [0.25, 0.3) is 0 Å². The van der Waals surface area contributed by atoms with Crippen LogP contribution >= 0.6 is 22.9 Å². The Balaban J connectivity index is 1.94. The van der Waals surface area contributed by atoms with E-state index in [2.05, 4.69) is 33.5 Å². The van der Waals surface area contributed by atoms with Crippen molar-refractivity contribution in [1.82, 2.24) is 15.1 Å². The van der Waals surface area contributed by atoms with Crippen LogP contribution in [0.3, 0.4) is 0 Å². The molecule has 0 fully saturated rings. The average Bonchev–Trinajstić information content (AvgIpc) is 2.76. The maximum atomic E-state index is 5.96. The first-order valence-electron chi connectivity index (χ1n) is 5.60. The van der Waals surface area contributed by atoms with Crippen LogP contribution in [0.1, 0.15) is 10.6 Å². The van der Waals surface area contributed by atoms with Gasteiger partial charge in [0, 0.05) is 18.6 Å². The second-order valence-electron chi connectivity index (χ2n) is 4.05. The fourth-order valence-corrected chi connectivity index (χ4v) is 2.64. The summed E-state index contributed by atoms with van der Waals surface area (Å²) in [6, 6.07) is 7.91. The van der Waals surface area contributed by atoms with Crippen molar-refractivity contribution >= 4 is 28.1 Å². The van der Waals surface area contributed by atoms with Crippen LogP contribution in [0.5, 0.6) is 0 Å². The molecule has 0 unspecified atom stereocenters. The van der Waals surface area contributed by atoms with Gasteiger partial charge >= 0.3 is 0 Å². The van der Waals surface area contributed by atoms with Gasteiger partial charge in [-0.2, -0.15) is 0 Å². The summed E-state index contributed by atoms with van der Waals surface area (Å²) in [4.78, 5) is 2.19. The first kappa shape index (κ1) is 13.3. The molecule has 2 aromatic rings. The Labute approximate surface area is 116 Å². The highest BCUT2D eigenvalue weighted by Gasteiger charge is 2.07. The molecule has 4 nitrogen and oxygen atoms in total. The van der Waals surface area contributed by atoms with Gasteiger partial charge in [-0.25, -0.2) is 0 Å². The molecular formula is C12H15ClN4S. The third-order valence-corrected chi connectivity index (χ3v) is 3.59. The molecule has 0 amide bonds. The summed E-state index contributed by atoms with van der Waals surface area (Å²) < 4.78 is 0. The van der Waals surface area contributed by atoms with Crippen molar-refractivity contribution in [2.24, 2.45) is 0 Å². The number of aromatic nitrogens is 2. The highest BCUT2D eigenvalue weighted by molar-refractivity contribution is 7.15. The van der Waals surface area contributed by atoms with E-state index in [1.165, 1.54) is 5.56 Å². The van der Waals surface area contributed by atoms with Crippen molar-refractivity contribution < 1.29 is 0 Å². The predicted molar refractivity (Wildman–Crippen MR) is 76.1 cm³/mol. The van der Waals surface area contributed by atoms with Gasteiger partial charge in [-0.3, -0.25) is 4.90 Å². The van der Waals surface area contributed by atoms with Crippen LogP contribution in [0, 0.1) is 0 Å². The van der Waals surface area contributed by atoms with Crippen molar-refractivity contribution in [2.45, 2.75) is 13.1 Å². The Morgan fingerprint density at radius 3 is 2.83 bits per heavy atom. The summed E-state index contributed by atoms with van der Waals surface area (Å²) in [5.74, 6) is 0. The number of rotatable bonds is 5. The number of hydrogen-bond acceptors (Lipinski definition) is 5. The molecule has 0 aliphatic carbocycles. The van der Waals surface area contributed by atoms with Crippen molar-refractivity contribution in [1.29, 1.82) is 0 Å². The maximum absolute atomic E-state index is 5.96. The molecule has 0 saturated carbocycles. The second kappa shape index (κ2) is 6.13. The molecule has 0 aliphatic heterocycles. The maximum Gasteiger partial charge on any atom is 0.205 e. The molecule has 6 heteroatoms. The van der Waals surface area contributed by atoms with E-state index < -0.39 is 0 Å². The molecular weight excluding hydrogens is 268 g/mol. The molecule has 0 saturated heterocycles. The lowest BCUT2D eigenvalue weighted by molar-refractivity contribution is 0.317. The van der Waals surface area contributed by atoms with Gasteiger partial charge in [-0.1, -0.05) is 35.1 Å². The number of nitrogens with one attached hydrogen (secondary N) is 1. The molecule has 1 heterocycles. The molecule has 0 aliphatic rings. The van der Waals surface area contributed by atoms with Crippen LogP contribution in [0.4, 0.5) is 5.13 Å². The lowest BCUT2D eigenvalue weighted by Crippen LogP contribution is -2.17. The van der Waals surface area contributed by atoms with Crippen molar-refractivity contribution in [3.05, 3.63) is 39.9 Å². The molecule has 1 aromatic carbocycles. The van der Waals surface area contributed by atoms with Crippen LogP contribution in [-0.2, 0) is 13.1 Å². The lowest BCUT2D eigenvalue weighted by atomic mass is 10.2. The number of hydrogen-bond donors (Lipinski definition) is 1. The van der Waals surface area contributed by atoms with Gasteiger partial charge in [0.1, 0.15) is 5.01 Å². The monoisotopic (exact) mass is 282 g/mol. The Morgan fingerprint density at radius 2 is 2.17 bits per heavy atom. The van der Waals surface area contributed by atoms with Gasteiger partial charge in [0.2, 0.25) is 5.13 Å². The van der Waals surface area contributed by atoms with E-state index in [4.69, 9.17) is 11.6 Å².